The fourth-order valence-electron chi connectivity index (χ4n) is 2.70. The molecule has 3 nitrogen and oxygen atoms in total. The number of halogens is 1. The van der Waals surface area contributed by atoms with Crippen molar-refractivity contribution in [2.24, 2.45) is 5.41 Å². The van der Waals surface area contributed by atoms with Crippen LogP contribution in [0.2, 0.25) is 5.02 Å². The van der Waals surface area contributed by atoms with Crippen LogP contribution in [0.25, 0.3) is 0 Å². The van der Waals surface area contributed by atoms with Crippen molar-refractivity contribution in [2.45, 2.75) is 39.0 Å². The largest absolute Gasteiger partial charge is 0.478 e. The van der Waals surface area contributed by atoms with Crippen LogP contribution in [-0.4, -0.2) is 17.6 Å². The molecule has 104 valence electrons. The highest BCUT2D eigenvalue weighted by Gasteiger charge is 2.26. The number of carbonyl (C=O) groups is 1. The van der Waals surface area contributed by atoms with Gasteiger partial charge in [0.05, 0.1) is 10.6 Å². The predicted molar refractivity (Wildman–Crippen MR) is 78.1 cm³/mol. The first-order chi connectivity index (χ1) is 9.00. The van der Waals surface area contributed by atoms with Gasteiger partial charge in [0, 0.05) is 12.2 Å². The standard InChI is InChI=1S/C15H20ClNO2/c1-15(7-3-2-4-8-15)10-17-11-5-6-12(14(18)19)13(16)9-11/h5-6,9,17H,2-4,7-8,10H2,1H3,(H,18,19). The molecule has 1 aliphatic carbocycles. The van der Waals surface area contributed by atoms with Crippen molar-refractivity contribution in [1.29, 1.82) is 0 Å². The third kappa shape index (κ3) is 3.63. The molecule has 4 heteroatoms. The molecule has 0 unspecified atom stereocenters. The lowest BCUT2D eigenvalue weighted by Gasteiger charge is -2.34. The lowest BCUT2D eigenvalue weighted by atomic mass is 9.76. The number of anilines is 1. The Morgan fingerprint density at radius 2 is 2.05 bits per heavy atom. The van der Waals surface area contributed by atoms with Gasteiger partial charge in [0.15, 0.2) is 0 Å². The molecule has 1 aromatic carbocycles. The molecule has 0 aromatic heterocycles. The number of carboxylic acid groups (broad SMARTS) is 1. The average molecular weight is 282 g/mol. The first kappa shape index (κ1) is 14.2. The minimum absolute atomic E-state index is 0.149. The number of aromatic carboxylic acids is 1. The third-order valence-corrected chi connectivity index (χ3v) is 4.29. The number of hydrogen-bond acceptors (Lipinski definition) is 2. The Hall–Kier alpha value is -1.22. The normalized spacial score (nSPS) is 18.0. The Morgan fingerprint density at radius 3 is 2.63 bits per heavy atom. The van der Waals surface area contributed by atoms with Crippen LogP contribution in [0, 0.1) is 5.41 Å². The Labute approximate surface area is 119 Å². The summed E-state index contributed by atoms with van der Waals surface area (Å²) in [7, 11) is 0. The summed E-state index contributed by atoms with van der Waals surface area (Å²) in [6.45, 7) is 3.22. The van der Waals surface area contributed by atoms with E-state index in [-0.39, 0.29) is 10.6 Å². The van der Waals surface area contributed by atoms with Gasteiger partial charge in [0.1, 0.15) is 0 Å². The van der Waals surface area contributed by atoms with Gasteiger partial charge in [-0.05, 0) is 36.5 Å². The van der Waals surface area contributed by atoms with Gasteiger partial charge in [-0.15, -0.1) is 0 Å². The first-order valence-corrected chi connectivity index (χ1v) is 7.15. The van der Waals surface area contributed by atoms with E-state index in [2.05, 4.69) is 12.2 Å². The lowest BCUT2D eigenvalue weighted by molar-refractivity contribution is 0.0697. The van der Waals surface area contributed by atoms with Crippen LogP contribution < -0.4 is 5.32 Å². The Bertz CT molecular complexity index is 467. The molecule has 1 aromatic rings. The smallest absolute Gasteiger partial charge is 0.337 e. The zero-order valence-corrected chi connectivity index (χ0v) is 12.0. The maximum atomic E-state index is 10.9. The fraction of sp³-hybridized carbons (Fsp3) is 0.533. The van der Waals surface area contributed by atoms with Crippen LogP contribution in [-0.2, 0) is 0 Å². The molecule has 1 saturated carbocycles. The monoisotopic (exact) mass is 281 g/mol. The molecule has 19 heavy (non-hydrogen) atoms. The molecule has 0 amide bonds. The van der Waals surface area contributed by atoms with Crippen LogP contribution in [0.15, 0.2) is 18.2 Å². The van der Waals surface area contributed by atoms with Crippen molar-refractivity contribution < 1.29 is 9.90 Å². The van der Waals surface area contributed by atoms with Crippen LogP contribution in [0.4, 0.5) is 5.69 Å². The van der Waals surface area contributed by atoms with Crippen molar-refractivity contribution >= 4 is 23.3 Å². The van der Waals surface area contributed by atoms with E-state index in [9.17, 15) is 4.79 Å². The predicted octanol–water partition coefficient (Wildman–Crippen LogP) is 4.42. The summed E-state index contributed by atoms with van der Waals surface area (Å²) in [6, 6.07) is 5.02. The summed E-state index contributed by atoms with van der Waals surface area (Å²) >= 11 is 5.96. The molecule has 2 N–H and O–H groups in total. The molecule has 0 bridgehead atoms. The van der Waals surface area contributed by atoms with Crippen molar-refractivity contribution in [3.05, 3.63) is 28.8 Å². The highest BCUT2D eigenvalue weighted by atomic mass is 35.5. The Kier molecular flexibility index (Phi) is 4.35. The summed E-state index contributed by atoms with van der Waals surface area (Å²) < 4.78 is 0. The van der Waals surface area contributed by atoms with Gasteiger partial charge in [-0.3, -0.25) is 0 Å². The molecule has 0 radical (unpaired) electrons. The fourth-order valence-corrected chi connectivity index (χ4v) is 2.96. The molecule has 0 heterocycles. The van der Waals surface area contributed by atoms with E-state index < -0.39 is 5.97 Å². The van der Waals surface area contributed by atoms with Crippen molar-refractivity contribution in [2.75, 3.05) is 11.9 Å². The number of hydrogen-bond donors (Lipinski definition) is 2. The number of carboxylic acids is 1. The lowest BCUT2D eigenvalue weighted by Crippen LogP contribution is -2.28. The summed E-state index contributed by atoms with van der Waals surface area (Å²) in [5.41, 5.74) is 1.38. The van der Waals surface area contributed by atoms with Crippen LogP contribution >= 0.6 is 11.6 Å². The van der Waals surface area contributed by atoms with Crippen LogP contribution in [0.1, 0.15) is 49.4 Å². The molecular formula is C15H20ClNO2. The number of rotatable bonds is 4. The minimum atomic E-state index is -0.990. The maximum Gasteiger partial charge on any atom is 0.337 e. The molecule has 0 aliphatic heterocycles. The first-order valence-electron chi connectivity index (χ1n) is 6.77. The molecule has 0 saturated heterocycles. The van der Waals surface area contributed by atoms with E-state index in [0.717, 1.165) is 12.2 Å². The highest BCUT2D eigenvalue weighted by molar-refractivity contribution is 6.33. The zero-order valence-electron chi connectivity index (χ0n) is 11.2. The van der Waals surface area contributed by atoms with Gasteiger partial charge in [0.2, 0.25) is 0 Å². The molecule has 0 spiro atoms. The second-order valence-electron chi connectivity index (χ2n) is 5.72. The quantitative estimate of drug-likeness (QED) is 0.859. The van der Waals surface area contributed by atoms with Crippen molar-refractivity contribution in [1.82, 2.24) is 0 Å². The van der Waals surface area contributed by atoms with E-state index in [4.69, 9.17) is 16.7 Å². The van der Waals surface area contributed by atoms with Gasteiger partial charge in [-0.25, -0.2) is 4.79 Å². The topological polar surface area (TPSA) is 49.3 Å². The molecule has 1 fully saturated rings. The zero-order chi connectivity index (χ0) is 13.9. The van der Waals surface area contributed by atoms with Crippen LogP contribution in [0.5, 0.6) is 0 Å². The third-order valence-electron chi connectivity index (χ3n) is 3.98. The van der Waals surface area contributed by atoms with Crippen LogP contribution in [0.3, 0.4) is 0 Å². The summed E-state index contributed by atoms with van der Waals surface area (Å²) in [4.78, 5) is 10.9. The second kappa shape index (κ2) is 5.83. The van der Waals surface area contributed by atoms with Crippen molar-refractivity contribution in [3.63, 3.8) is 0 Å². The SMILES string of the molecule is CC1(CNc2ccc(C(=O)O)c(Cl)c2)CCCCC1. The molecule has 0 atom stereocenters. The highest BCUT2D eigenvalue weighted by Crippen LogP contribution is 2.36. The summed E-state index contributed by atoms with van der Waals surface area (Å²) in [6.07, 6.45) is 6.45. The van der Waals surface area contributed by atoms with Gasteiger partial charge in [-0.1, -0.05) is 37.8 Å². The molecular weight excluding hydrogens is 262 g/mol. The van der Waals surface area contributed by atoms with E-state index in [0.29, 0.717) is 5.41 Å². The van der Waals surface area contributed by atoms with E-state index in [1.54, 1.807) is 18.2 Å². The summed E-state index contributed by atoms with van der Waals surface area (Å²) in [5, 5.41) is 12.6. The molecule has 2 rings (SSSR count). The van der Waals surface area contributed by atoms with E-state index in [1.807, 2.05) is 0 Å². The molecule has 1 aliphatic rings. The van der Waals surface area contributed by atoms with Gasteiger partial charge >= 0.3 is 5.97 Å². The van der Waals surface area contributed by atoms with Gasteiger partial charge in [-0.2, -0.15) is 0 Å². The van der Waals surface area contributed by atoms with E-state index in [1.165, 1.54) is 32.1 Å². The Balaban J connectivity index is 2.00. The van der Waals surface area contributed by atoms with Gasteiger partial charge < -0.3 is 10.4 Å². The Morgan fingerprint density at radius 1 is 1.37 bits per heavy atom. The van der Waals surface area contributed by atoms with Crippen molar-refractivity contribution in [3.8, 4) is 0 Å². The average Bonchev–Trinajstić information content (AvgIpc) is 2.37. The van der Waals surface area contributed by atoms with Gasteiger partial charge in [0.25, 0.3) is 0 Å². The second-order valence-corrected chi connectivity index (χ2v) is 6.13. The maximum absolute atomic E-state index is 10.9. The van der Waals surface area contributed by atoms with E-state index >= 15 is 0 Å². The minimum Gasteiger partial charge on any atom is -0.478 e. The number of nitrogens with one attached hydrogen (secondary N) is 1. The summed E-state index contributed by atoms with van der Waals surface area (Å²) in [5.74, 6) is -0.990. The number of benzene rings is 1.